The number of aromatic nitrogens is 2. The largest absolute Gasteiger partial charge is 0.497 e. The molecule has 31 heavy (non-hydrogen) atoms. The molecule has 2 heterocycles. The van der Waals surface area contributed by atoms with Crippen LogP contribution in [0.3, 0.4) is 0 Å². The van der Waals surface area contributed by atoms with Gasteiger partial charge in [0, 0.05) is 26.1 Å². The molecule has 0 spiro atoms. The van der Waals surface area contributed by atoms with Gasteiger partial charge in [-0.25, -0.2) is 9.78 Å². The molecule has 2 aromatic carbocycles. The van der Waals surface area contributed by atoms with Crippen LogP contribution in [0.2, 0.25) is 0 Å². The Morgan fingerprint density at radius 2 is 2.00 bits per heavy atom. The number of fused-ring (bicyclic) bond motifs is 1. The number of aromatic amines is 1. The summed E-state index contributed by atoms with van der Waals surface area (Å²) in [6, 6.07) is 14.9. The Morgan fingerprint density at radius 3 is 2.68 bits per heavy atom. The van der Waals surface area contributed by atoms with Crippen molar-refractivity contribution in [2.75, 3.05) is 20.2 Å². The number of methoxy groups -OCH3 is 1. The topological polar surface area (TPSA) is 99.3 Å². The number of nitrogens with zero attached hydrogens (tertiary/aromatic N) is 2. The minimum Gasteiger partial charge on any atom is -0.497 e. The van der Waals surface area contributed by atoms with Crippen molar-refractivity contribution >= 4 is 23.0 Å². The van der Waals surface area contributed by atoms with Gasteiger partial charge in [0.2, 0.25) is 5.91 Å². The molecule has 0 saturated carbocycles. The number of amides is 3. The monoisotopic (exact) mass is 421 g/mol. The second-order valence-corrected chi connectivity index (χ2v) is 7.81. The van der Waals surface area contributed by atoms with E-state index in [1.54, 1.807) is 18.9 Å². The fourth-order valence-corrected chi connectivity index (χ4v) is 3.90. The van der Waals surface area contributed by atoms with Gasteiger partial charge in [0.1, 0.15) is 11.6 Å². The highest BCUT2D eigenvalue weighted by atomic mass is 16.5. The normalized spacial score (nSPS) is 16.8. The van der Waals surface area contributed by atoms with Crippen molar-refractivity contribution < 1.29 is 14.3 Å². The van der Waals surface area contributed by atoms with Gasteiger partial charge >= 0.3 is 6.03 Å². The van der Waals surface area contributed by atoms with Crippen LogP contribution < -0.4 is 15.4 Å². The van der Waals surface area contributed by atoms with Crippen LogP contribution in [-0.2, 0) is 11.2 Å². The molecule has 1 aliphatic heterocycles. The summed E-state index contributed by atoms with van der Waals surface area (Å²) in [6.07, 6.45) is 1.32. The molecule has 1 fully saturated rings. The number of nitrogens with one attached hydrogen (secondary N) is 3. The first-order valence-electron chi connectivity index (χ1n) is 10.4. The highest BCUT2D eigenvalue weighted by molar-refractivity contribution is 5.77. The van der Waals surface area contributed by atoms with Crippen molar-refractivity contribution in [3.8, 4) is 5.75 Å². The number of benzene rings is 2. The highest BCUT2D eigenvalue weighted by Crippen LogP contribution is 2.21. The Kier molecular flexibility index (Phi) is 6.06. The summed E-state index contributed by atoms with van der Waals surface area (Å²) in [6.45, 7) is 2.75. The Bertz CT molecular complexity index is 1030. The number of hydrogen-bond donors (Lipinski definition) is 3. The standard InChI is InChI=1S/C23H27N5O3/c1-15(29)28-12-11-17(14-28)24-23(30)27-21(13-16-7-9-18(31-2)10-8-16)22-25-19-5-3-4-6-20(19)26-22/h3-10,17,21H,11-14H2,1-2H3,(H,25,26)(H2,24,27,30)/t17?,21-/m1/s1. The second-order valence-electron chi connectivity index (χ2n) is 7.81. The molecule has 1 aliphatic rings. The number of imidazole rings is 1. The minimum absolute atomic E-state index is 0.0318. The van der Waals surface area contributed by atoms with Gasteiger partial charge in [0.15, 0.2) is 0 Å². The predicted octanol–water partition coefficient (Wildman–Crippen LogP) is 2.78. The summed E-state index contributed by atoms with van der Waals surface area (Å²) in [4.78, 5) is 34.1. The van der Waals surface area contributed by atoms with Crippen molar-refractivity contribution in [3.05, 3.63) is 59.9 Å². The molecular weight excluding hydrogens is 394 g/mol. The van der Waals surface area contributed by atoms with Gasteiger partial charge in [-0.3, -0.25) is 4.79 Å². The second kappa shape index (κ2) is 9.07. The molecule has 3 amide bonds. The number of carbonyl (C=O) groups is 2. The Hall–Kier alpha value is -3.55. The van der Waals surface area contributed by atoms with Crippen LogP contribution in [0.5, 0.6) is 5.75 Å². The molecule has 8 nitrogen and oxygen atoms in total. The number of urea groups is 1. The molecule has 3 N–H and O–H groups in total. The molecule has 1 aromatic heterocycles. The zero-order chi connectivity index (χ0) is 21.8. The number of likely N-dealkylation sites (tertiary alicyclic amines) is 1. The molecule has 8 heteroatoms. The zero-order valence-electron chi connectivity index (χ0n) is 17.7. The summed E-state index contributed by atoms with van der Waals surface area (Å²) >= 11 is 0. The molecule has 1 saturated heterocycles. The van der Waals surface area contributed by atoms with Crippen molar-refractivity contribution in [1.29, 1.82) is 0 Å². The minimum atomic E-state index is -0.342. The van der Waals surface area contributed by atoms with Crippen LogP contribution >= 0.6 is 0 Å². The Morgan fingerprint density at radius 1 is 1.23 bits per heavy atom. The molecule has 1 unspecified atom stereocenters. The predicted molar refractivity (Wildman–Crippen MR) is 118 cm³/mol. The molecular formula is C23H27N5O3. The van der Waals surface area contributed by atoms with E-state index in [1.807, 2.05) is 48.5 Å². The van der Waals surface area contributed by atoms with Crippen molar-refractivity contribution in [2.45, 2.75) is 31.8 Å². The van der Waals surface area contributed by atoms with Crippen molar-refractivity contribution in [1.82, 2.24) is 25.5 Å². The molecule has 162 valence electrons. The van der Waals surface area contributed by atoms with E-state index >= 15 is 0 Å². The summed E-state index contributed by atoms with van der Waals surface area (Å²) in [5.74, 6) is 1.51. The number of H-pyrrole nitrogens is 1. The van der Waals surface area contributed by atoms with Gasteiger partial charge in [-0.2, -0.15) is 0 Å². The number of hydrogen-bond acceptors (Lipinski definition) is 4. The zero-order valence-corrected chi connectivity index (χ0v) is 17.7. The van der Waals surface area contributed by atoms with Crippen molar-refractivity contribution in [3.63, 3.8) is 0 Å². The first-order valence-corrected chi connectivity index (χ1v) is 10.4. The van der Waals surface area contributed by atoms with Crippen LogP contribution in [0, 0.1) is 0 Å². The summed E-state index contributed by atoms with van der Waals surface area (Å²) in [5.41, 5.74) is 2.83. The van der Waals surface area contributed by atoms with Gasteiger partial charge in [-0.05, 0) is 42.7 Å². The number of ether oxygens (including phenoxy) is 1. The molecule has 4 rings (SSSR count). The molecule has 0 aliphatic carbocycles. The number of para-hydroxylation sites is 2. The maximum absolute atomic E-state index is 12.8. The third-order valence-electron chi connectivity index (χ3n) is 5.61. The highest BCUT2D eigenvalue weighted by Gasteiger charge is 2.27. The average molecular weight is 422 g/mol. The lowest BCUT2D eigenvalue weighted by Crippen LogP contribution is -2.45. The third-order valence-corrected chi connectivity index (χ3v) is 5.61. The summed E-state index contributed by atoms with van der Waals surface area (Å²) in [7, 11) is 1.63. The Balaban J connectivity index is 1.50. The van der Waals surface area contributed by atoms with E-state index in [9.17, 15) is 9.59 Å². The van der Waals surface area contributed by atoms with E-state index in [4.69, 9.17) is 4.74 Å². The van der Waals surface area contributed by atoms with Gasteiger partial charge in [-0.1, -0.05) is 24.3 Å². The third kappa shape index (κ3) is 4.96. The van der Waals surface area contributed by atoms with Gasteiger partial charge in [0.25, 0.3) is 0 Å². The van der Waals surface area contributed by atoms with E-state index in [1.165, 1.54) is 0 Å². The average Bonchev–Trinajstić information content (AvgIpc) is 3.41. The lowest BCUT2D eigenvalue weighted by Gasteiger charge is -2.20. The van der Waals surface area contributed by atoms with Crippen LogP contribution in [0.4, 0.5) is 4.79 Å². The lowest BCUT2D eigenvalue weighted by atomic mass is 10.1. The molecule has 0 bridgehead atoms. The van der Waals surface area contributed by atoms with Crippen LogP contribution in [-0.4, -0.2) is 53.0 Å². The van der Waals surface area contributed by atoms with E-state index in [0.717, 1.165) is 28.8 Å². The molecule has 3 aromatic rings. The van der Waals surface area contributed by atoms with Gasteiger partial charge < -0.3 is 25.3 Å². The fourth-order valence-electron chi connectivity index (χ4n) is 3.90. The first-order chi connectivity index (χ1) is 15.0. The van der Waals surface area contributed by atoms with Gasteiger partial charge in [0.05, 0.1) is 24.2 Å². The van der Waals surface area contributed by atoms with Crippen molar-refractivity contribution in [2.24, 2.45) is 0 Å². The quantitative estimate of drug-likeness (QED) is 0.570. The first kappa shape index (κ1) is 20.7. The maximum Gasteiger partial charge on any atom is 0.315 e. The Labute approximate surface area is 181 Å². The summed E-state index contributed by atoms with van der Waals surface area (Å²) < 4.78 is 5.24. The van der Waals surface area contributed by atoms with Crippen LogP contribution in [0.15, 0.2) is 48.5 Å². The van der Waals surface area contributed by atoms with E-state index in [-0.39, 0.29) is 24.0 Å². The number of rotatable bonds is 6. The lowest BCUT2D eigenvalue weighted by molar-refractivity contribution is -0.127. The fraction of sp³-hybridized carbons (Fsp3) is 0.348. The summed E-state index contributed by atoms with van der Waals surface area (Å²) in [5, 5.41) is 6.06. The van der Waals surface area contributed by atoms with Crippen LogP contribution in [0.1, 0.15) is 30.8 Å². The maximum atomic E-state index is 12.8. The van der Waals surface area contributed by atoms with E-state index in [0.29, 0.717) is 25.3 Å². The van der Waals surface area contributed by atoms with Crippen LogP contribution in [0.25, 0.3) is 11.0 Å². The van der Waals surface area contributed by atoms with E-state index in [2.05, 4.69) is 20.6 Å². The molecule has 0 radical (unpaired) electrons. The SMILES string of the molecule is COc1ccc(C[C@@H](NC(=O)NC2CCN(C(C)=O)C2)c2nc3ccccc3[nH]2)cc1. The van der Waals surface area contributed by atoms with Gasteiger partial charge in [-0.15, -0.1) is 0 Å². The molecule has 2 atom stereocenters. The smallest absolute Gasteiger partial charge is 0.315 e. The number of carbonyl (C=O) groups excluding carboxylic acids is 2. The van der Waals surface area contributed by atoms with E-state index < -0.39 is 0 Å².